The maximum atomic E-state index is 12.4. The first-order chi connectivity index (χ1) is 12.3. The molecule has 1 amide bonds. The van der Waals surface area contributed by atoms with Crippen LogP contribution in [0.2, 0.25) is 0 Å². The summed E-state index contributed by atoms with van der Waals surface area (Å²) in [6.45, 7) is 0. The average Bonchev–Trinajstić information content (AvgIpc) is 3.08. The maximum absolute atomic E-state index is 12.4. The van der Waals surface area contributed by atoms with Crippen molar-refractivity contribution >= 4 is 11.6 Å². The molecule has 0 unspecified atom stereocenters. The quantitative estimate of drug-likeness (QED) is 0.785. The highest BCUT2D eigenvalue weighted by Crippen LogP contribution is 2.25. The number of ether oxygens (including phenoxy) is 1. The van der Waals surface area contributed by atoms with Crippen LogP contribution in [0.25, 0.3) is 0 Å². The first kappa shape index (κ1) is 15.3. The molecular weight excluding hydrogens is 320 g/mol. The normalized spacial score (nSPS) is 13.1. The molecule has 0 bridgehead atoms. The van der Waals surface area contributed by atoms with Crippen LogP contribution in [0.3, 0.4) is 0 Å². The summed E-state index contributed by atoms with van der Waals surface area (Å²) in [6, 6.07) is 9.46. The molecule has 0 aliphatic heterocycles. The minimum absolute atomic E-state index is 0.211. The number of anilines is 1. The fourth-order valence-corrected chi connectivity index (χ4v) is 2.78. The Labute approximate surface area is 144 Å². The second-order valence-corrected chi connectivity index (χ2v) is 5.76. The van der Waals surface area contributed by atoms with E-state index in [-0.39, 0.29) is 11.9 Å². The number of aryl methyl sites for hydroxylation is 1. The summed E-state index contributed by atoms with van der Waals surface area (Å²) in [4.78, 5) is 20.6. The van der Waals surface area contributed by atoms with Crippen LogP contribution < -0.4 is 10.1 Å². The molecule has 1 N–H and O–H groups in total. The van der Waals surface area contributed by atoms with E-state index in [1.165, 1.54) is 12.4 Å². The number of para-hydroxylation sites is 1. The van der Waals surface area contributed by atoms with E-state index in [4.69, 9.17) is 9.26 Å². The molecule has 0 fully saturated rings. The van der Waals surface area contributed by atoms with Gasteiger partial charge in [-0.25, -0.2) is 9.97 Å². The van der Waals surface area contributed by atoms with Gasteiger partial charge in [0.2, 0.25) is 0 Å². The van der Waals surface area contributed by atoms with Crippen molar-refractivity contribution < 1.29 is 14.1 Å². The number of benzene rings is 1. The first-order valence-corrected chi connectivity index (χ1v) is 8.13. The Bertz CT molecular complexity index is 875. The predicted molar refractivity (Wildman–Crippen MR) is 89.6 cm³/mol. The van der Waals surface area contributed by atoms with Crippen molar-refractivity contribution in [1.29, 1.82) is 0 Å². The lowest BCUT2D eigenvalue weighted by Crippen LogP contribution is -2.16. The van der Waals surface area contributed by atoms with Crippen molar-refractivity contribution in [2.45, 2.75) is 25.7 Å². The lowest BCUT2D eigenvalue weighted by atomic mass is 9.96. The highest BCUT2D eigenvalue weighted by atomic mass is 16.5. The number of fused-ring (bicyclic) bond motifs is 1. The third-order valence-corrected chi connectivity index (χ3v) is 4.00. The minimum Gasteiger partial charge on any atom is -0.424 e. The van der Waals surface area contributed by atoms with E-state index in [9.17, 15) is 4.79 Å². The Balaban J connectivity index is 1.44. The van der Waals surface area contributed by atoms with Gasteiger partial charge in [-0.2, -0.15) is 0 Å². The van der Waals surface area contributed by atoms with Crippen LogP contribution in [0, 0.1) is 0 Å². The van der Waals surface area contributed by atoms with Gasteiger partial charge < -0.3 is 14.6 Å². The number of amides is 1. The topological polar surface area (TPSA) is 90.1 Å². The zero-order chi connectivity index (χ0) is 17.1. The number of hydrogen-bond acceptors (Lipinski definition) is 6. The summed E-state index contributed by atoms with van der Waals surface area (Å²) in [7, 11) is 0. The van der Waals surface area contributed by atoms with Crippen LogP contribution in [0.1, 0.15) is 34.7 Å². The fraction of sp³-hybridized carbons (Fsp3) is 0.222. The van der Waals surface area contributed by atoms with Gasteiger partial charge in [0, 0.05) is 12.0 Å². The van der Waals surface area contributed by atoms with Gasteiger partial charge in [-0.3, -0.25) is 4.79 Å². The number of rotatable bonds is 4. The minimum atomic E-state index is -0.313. The Kier molecular flexibility index (Phi) is 4.12. The monoisotopic (exact) mass is 336 g/mol. The molecule has 7 heteroatoms. The van der Waals surface area contributed by atoms with Gasteiger partial charge in [0.15, 0.2) is 5.69 Å². The van der Waals surface area contributed by atoms with E-state index in [2.05, 4.69) is 20.4 Å². The van der Waals surface area contributed by atoms with E-state index in [0.717, 1.165) is 37.0 Å². The molecule has 1 aliphatic rings. The third kappa shape index (κ3) is 3.35. The number of hydrogen-bond donors (Lipinski definition) is 1. The summed E-state index contributed by atoms with van der Waals surface area (Å²) >= 11 is 0. The van der Waals surface area contributed by atoms with Crippen LogP contribution in [-0.4, -0.2) is 21.0 Å². The Morgan fingerprint density at radius 1 is 1.08 bits per heavy atom. The zero-order valence-electron chi connectivity index (χ0n) is 13.4. The fourth-order valence-electron chi connectivity index (χ4n) is 2.78. The van der Waals surface area contributed by atoms with Gasteiger partial charge in [-0.05, 0) is 31.4 Å². The molecule has 25 heavy (non-hydrogen) atoms. The van der Waals surface area contributed by atoms with Crippen molar-refractivity contribution in [2.24, 2.45) is 0 Å². The van der Waals surface area contributed by atoms with E-state index < -0.39 is 0 Å². The molecule has 3 aromatic rings. The number of carbonyl (C=O) groups is 1. The molecule has 126 valence electrons. The van der Waals surface area contributed by atoms with Gasteiger partial charge in [-0.1, -0.05) is 23.4 Å². The number of nitrogens with zero attached hydrogens (tertiary/aromatic N) is 3. The molecule has 0 atom stereocenters. The van der Waals surface area contributed by atoms with Crippen LogP contribution >= 0.6 is 0 Å². The Morgan fingerprint density at radius 3 is 2.64 bits per heavy atom. The molecule has 1 aliphatic carbocycles. The van der Waals surface area contributed by atoms with Gasteiger partial charge in [0.25, 0.3) is 5.91 Å². The van der Waals surface area contributed by atoms with Crippen LogP contribution in [0.15, 0.2) is 47.2 Å². The summed E-state index contributed by atoms with van der Waals surface area (Å²) in [5.41, 5.74) is 1.73. The van der Waals surface area contributed by atoms with Gasteiger partial charge in [0.05, 0.1) is 18.1 Å². The lowest BCUT2D eigenvalue weighted by Gasteiger charge is -2.09. The average molecular weight is 336 g/mol. The summed E-state index contributed by atoms with van der Waals surface area (Å²) in [5, 5.41) is 6.66. The number of aromatic nitrogens is 3. The Morgan fingerprint density at radius 2 is 1.84 bits per heavy atom. The highest BCUT2D eigenvalue weighted by Gasteiger charge is 2.24. The van der Waals surface area contributed by atoms with Crippen LogP contribution in [0.4, 0.5) is 5.69 Å². The molecule has 0 radical (unpaired) electrons. The second kappa shape index (κ2) is 6.72. The molecule has 4 rings (SSSR count). The third-order valence-electron chi connectivity index (χ3n) is 4.00. The largest absolute Gasteiger partial charge is 0.424 e. The molecular formula is C18H16N4O3. The summed E-state index contributed by atoms with van der Waals surface area (Å²) in [5.74, 6) is 1.15. The second-order valence-electron chi connectivity index (χ2n) is 5.76. The van der Waals surface area contributed by atoms with Crippen molar-refractivity contribution in [3.05, 3.63) is 59.7 Å². The van der Waals surface area contributed by atoms with E-state index in [1.807, 2.05) is 30.3 Å². The van der Waals surface area contributed by atoms with E-state index in [0.29, 0.717) is 17.1 Å². The summed E-state index contributed by atoms with van der Waals surface area (Å²) < 4.78 is 10.8. The number of nitrogens with one attached hydrogen (secondary N) is 1. The van der Waals surface area contributed by atoms with Crippen molar-refractivity contribution in [2.75, 3.05) is 5.32 Å². The molecule has 2 aromatic heterocycles. The Hall–Kier alpha value is -3.22. The highest BCUT2D eigenvalue weighted by molar-refractivity contribution is 6.03. The molecule has 2 heterocycles. The van der Waals surface area contributed by atoms with Crippen molar-refractivity contribution in [1.82, 2.24) is 15.1 Å². The maximum Gasteiger partial charge on any atom is 0.322 e. The molecule has 0 spiro atoms. The van der Waals surface area contributed by atoms with E-state index >= 15 is 0 Å². The predicted octanol–water partition coefficient (Wildman–Crippen LogP) is 3.39. The van der Waals surface area contributed by atoms with Crippen LogP contribution in [-0.2, 0) is 12.8 Å². The number of carbonyl (C=O) groups excluding carboxylic acids is 1. The molecule has 7 nitrogen and oxygen atoms in total. The smallest absolute Gasteiger partial charge is 0.322 e. The molecule has 1 aromatic carbocycles. The standard InChI is InChI=1S/C18H16N4O3/c23-17(16-14-8-4-5-9-15(14)25-22-16)21-12-10-19-18(20-11-12)24-13-6-2-1-3-7-13/h1-3,6-7,10-11H,4-5,8-9H2,(H,21,23). The molecule has 0 saturated carbocycles. The van der Waals surface area contributed by atoms with Crippen LogP contribution in [0.5, 0.6) is 11.8 Å². The first-order valence-electron chi connectivity index (χ1n) is 8.13. The van der Waals surface area contributed by atoms with Gasteiger partial charge >= 0.3 is 6.01 Å². The SMILES string of the molecule is O=C(Nc1cnc(Oc2ccccc2)nc1)c1noc2c1CCCC2. The zero-order valence-corrected chi connectivity index (χ0v) is 13.4. The van der Waals surface area contributed by atoms with Crippen molar-refractivity contribution in [3.63, 3.8) is 0 Å². The lowest BCUT2D eigenvalue weighted by molar-refractivity contribution is 0.101. The van der Waals surface area contributed by atoms with Gasteiger partial charge in [-0.15, -0.1) is 0 Å². The van der Waals surface area contributed by atoms with Gasteiger partial charge in [0.1, 0.15) is 11.5 Å². The summed E-state index contributed by atoms with van der Waals surface area (Å²) in [6.07, 6.45) is 6.76. The molecule has 0 saturated heterocycles. The van der Waals surface area contributed by atoms with Crippen molar-refractivity contribution in [3.8, 4) is 11.8 Å². The van der Waals surface area contributed by atoms with E-state index in [1.54, 1.807) is 0 Å².